The molecule has 0 rings (SSSR count). The van der Waals surface area contributed by atoms with Crippen LogP contribution in [0.1, 0.15) is 55.4 Å². The van der Waals surface area contributed by atoms with Gasteiger partial charge in [0, 0.05) is 0 Å². The molecule has 0 fully saturated rings. The largest absolute Gasteiger partial charge is 0.663 e. The standard InChI is InChI=1S/3C4H10N.C3H7N.Nb/c3*1-3-5-4-2;1-3(2)4;/h3*3-4H2,1-2H3;3H,1-2H3;/q3*-1;;. The zero-order chi connectivity index (χ0) is 16.6. The molecular formula is C15H37N4Nb-3. The molecule has 0 aliphatic rings. The monoisotopic (exact) mass is 366 g/mol. The minimum Gasteiger partial charge on any atom is -0.663 e. The summed E-state index contributed by atoms with van der Waals surface area (Å²) in [6.45, 7) is 22.2. The van der Waals surface area contributed by atoms with Crippen molar-refractivity contribution in [2.24, 2.45) is 3.34 Å². The van der Waals surface area contributed by atoms with Crippen LogP contribution in [-0.2, 0) is 20.9 Å². The third kappa shape index (κ3) is 78.8. The maximum atomic E-state index is 3.97. The van der Waals surface area contributed by atoms with Gasteiger partial charge in [-0.25, -0.2) is 0 Å². The maximum Gasteiger partial charge on any atom is -0.0844 e. The van der Waals surface area contributed by atoms with E-state index in [9.17, 15) is 0 Å². The Morgan fingerprint density at radius 3 is 0.800 bits per heavy atom. The Morgan fingerprint density at radius 2 is 0.800 bits per heavy atom. The molecule has 0 spiro atoms. The second-order valence-electron chi connectivity index (χ2n) is 3.78. The second-order valence-corrected chi connectivity index (χ2v) is 4.35. The molecule has 0 bridgehead atoms. The molecule has 0 aliphatic heterocycles. The van der Waals surface area contributed by atoms with Crippen molar-refractivity contribution in [3.8, 4) is 0 Å². The average molecular weight is 366 g/mol. The van der Waals surface area contributed by atoms with E-state index in [-0.39, 0.29) is 0 Å². The summed E-state index contributed by atoms with van der Waals surface area (Å²) in [7, 11) is 0. The third-order valence-electron chi connectivity index (χ3n) is 1.57. The van der Waals surface area contributed by atoms with Gasteiger partial charge >= 0.3 is 44.1 Å². The Kier molecular flexibility index (Phi) is 52.3. The zero-order valence-electron chi connectivity index (χ0n) is 15.1. The van der Waals surface area contributed by atoms with Crippen molar-refractivity contribution in [3.63, 3.8) is 0 Å². The van der Waals surface area contributed by atoms with Crippen LogP contribution in [0.25, 0.3) is 16.0 Å². The number of nitrogens with zero attached hydrogens (tertiary/aromatic N) is 4. The molecule has 0 aromatic carbocycles. The fourth-order valence-electron chi connectivity index (χ4n) is 0.671. The molecule has 4 nitrogen and oxygen atoms in total. The van der Waals surface area contributed by atoms with Crippen LogP contribution in [0.5, 0.6) is 0 Å². The van der Waals surface area contributed by atoms with Crippen molar-refractivity contribution in [2.75, 3.05) is 39.3 Å². The van der Waals surface area contributed by atoms with Crippen LogP contribution >= 0.6 is 0 Å². The molecule has 0 amide bonds. The van der Waals surface area contributed by atoms with Gasteiger partial charge in [-0.1, -0.05) is 41.5 Å². The Bertz CT molecular complexity index is 113. The van der Waals surface area contributed by atoms with Crippen molar-refractivity contribution >= 4 is 0 Å². The molecule has 0 aromatic rings. The fraction of sp³-hybridized carbons (Fsp3) is 1.00. The van der Waals surface area contributed by atoms with Gasteiger partial charge in [0.05, 0.1) is 0 Å². The predicted octanol–water partition coefficient (Wildman–Crippen LogP) is 5.32. The van der Waals surface area contributed by atoms with Crippen LogP contribution in [0.3, 0.4) is 0 Å². The van der Waals surface area contributed by atoms with E-state index in [1.807, 2.05) is 41.5 Å². The van der Waals surface area contributed by atoms with Gasteiger partial charge in [0.15, 0.2) is 0 Å². The predicted molar refractivity (Wildman–Crippen MR) is 90.9 cm³/mol. The Morgan fingerprint density at radius 1 is 0.650 bits per heavy atom. The summed E-state index contributed by atoms with van der Waals surface area (Å²) in [5, 5.41) is 11.9. The summed E-state index contributed by atoms with van der Waals surface area (Å²) in [4.78, 5) is 0. The van der Waals surface area contributed by atoms with E-state index in [1.165, 1.54) is 20.9 Å². The number of hydrogen-bond donors (Lipinski definition) is 0. The van der Waals surface area contributed by atoms with Crippen molar-refractivity contribution < 1.29 is 20.9 Å². The summed E-state index contributed by atoms with van der Waals surface area (Å²) < 4.78 is 3.94. The van der Waals surface area contributed by atoms with E-state index in [4.69, 9.17) is 0 Å². The Hall–Kier alpha value is 0.420. The summed E-state index contributed by atoms with van der Waals surface area (Å²) >= 11 is 1.53. The fourth-order valence-corrected chi connectivity index (χ4v) is 0.671. The van der Waals surface area contributed by atoms with Gasteiger partial charge in [-0.3, -0.25) is 0 Å². The van der Waals surface area contributed by atoms with Crippen LogP contribution in [-0.4, -0.2) is 45.3 Å². The number of rotatable bonds is 7. The molecule has 0 unspecified atom stereocenters. The molecule has 5 heteroatoms. The second kappa shape index (κ2) is 36.6. The maximum absolute atomic E-state index is 3.97. The SMILES string of the molecule is CC(C)[N]=[Nb].CC[N-]CC.CC[N-]CC.CC[N-]CC. The molecule has 0 aromatic heterocycles. The van der Waals surface area contributed by atoms with Crippen LogP contribution in [0.15, 0.2) is 3.34 Å². The van der Waals surface area contributed by atoms with Crippen LogP contribution < -0.4 is 0 Å². The zero-order valence-corrected chi connectivity index (χ0v) is 17.3. The molecule has 0 radical (unpaired) electrons. The third-order valence-corrected chi connectivity index (χ3v) is 2.71. The smallest absolute Gasteiger partial charge is 0.0844 e. The quantitative estimate of drug-likeness (QED) is 0.547. The van der Waals surface area contributed by atoms with Crippen LogP contribution in [0.4, 0.5) is 0 Å². The van der Waals surface area contributed by atoms with Crippen molar-refractivity contribution in [3.05, 3.63) is 16.0 Å². The van der Waals surface area contributed by atoms with E-state index in [0.29, 0.717) is 6.04 Å². The Balaban J connectivity index is -0.0000000853. The van der Waals surface area contributed by atoms with E-state index < -0.39 is 0 Å². The molecule has 0 N–H and O–H groups in total. The molecular weight excluding hydrogens is 329 g/mol. The normalized spacial score (nSPS) is 8.40. The summed E-state index contributed by atoms with van der Waals surface area (Å²) in [6.07, 6.45) is 0. The van der Waals surface area contributed by atoms with E-state index >= 15 is 0 Å². The van der Waals surface area contributed by atoms with Gasteiger partial charge in [0.1, 0.15) is 0 Å². The minimum atomic E-state index is 0.531. The van der Waals surface area contributed by atoms with Crippen molar-refractivity contribution in [2.45, 2.75) is 61.4 Å². The first-order valence-electron chi connectivity index (χ1n) is 7.75. The van der Waals surface area contributed by atoms with E-state index in [0.717, 1.165) is 39.3 Å². The minimum absolute atomic E-state index is 0.531. The van der Waals surface area contributed by atoms with Gasteiger partial charge in [0.25, 0.3) is 0 Å². The number of hydrogen-bond acceptors (Lipinski definition) is 1. The van der Waals surface area contributed by atoms with Gasteiger partial charge in [0.2, 0.25) is 0 Å². The molecule has 0 aliphatic carbocycles. The first-order valence-corrected chi connectivity index (χ1v) is 8.74. The van der Waals surface area contributed by atoms with E-state index in [2.05, 4.69) is 33.1 Å². The van der Waals surface area contributed by atoms with Gasteiger partial charge < -0.3 is 16.0 Å². The van der Waals surface area contributed by atoms with Crippen molar-refractivity contribution in [1.29, 1.82) is 0 Å². The molecule has 0 atom stereocenters. The topological polar surface area (TPSA) is 54.7 Å². The molecule has 0 heterocycles. The molecule has 0 saturated heterocycles. The van der Waals surface area contributed by atoms with E-state index in [1.54, 1.807) is 0 Å². The molecule has 20 heavy (non-hydrogen) atoms. The molecule has 125 valence electrons. The summed E-state index contributed by atoms with van der Waals surface area (Å²) in [5.41, 5.74) is 0. The van der Waals surface area contributed by atoms with Gasteiger partial charge in [-0.05, 0) is 0 Å². The van der Waals surface area contributed by atoms with Crippen molar-refractivity contribution in [1.82, 2.24) is 0 Å². The molecule has 0 saturated carbocycles. The Labute approximate surface area is 141 Å². The van der Waals surface area contributed by atoms with Crippen LogP contribution in [0, 0.1) is 0 Å². The average Bonchev–Trinajstić information content (AvgIpc) is 2.43. The first-order chi connectivity index (χ1) is 9.51. The summed E-state index contributed by atoms with van der Waals surface area (Å²) in [6, 6.07) is 0.531. The van der Waals surface area contributed by atoms with Crippen LogP contribution in [0.2, 0.25) is 0 Å². The van der Waals surface area contributed by atoms with Gasteiger partial charge in [-0.2, -0.15) is 39.3 Å². The first kappa shape index (κ1) is 28.6. The van der Waals surface area contributed by atoms with Gasteiger partial charge in [-0.15, -0.1) is 0 Å². The summed E-state index contributed by atoms with van der Waals surface area (Å²) in [5.74, 6) is 0.